The van der Waals surface area contributed by atoms with Gasteiger partial charge in [0.2, 0.25) is 11.9 Å². The third kappa shape index (κ3) is 9.30. The summed E-state index contributed by atoms with van der Waals surface area (Å²) in [7, 11) is 1.48. The lowest BCUT2D eigenvalue weighted by Crippen LogP contribution is -2.33. The quantitative estimate of drug-likeness (QED) is 0.157. The van der Waals surface area contributed by atoms with Crippen LogP contribution in [-0.2, 0) is 16.0 Å². The Kier molecular flexibility index (Phi) is 11.8. The number of allylic oxidation sites excluding steroid dienone is 2. The zero-order chi connectivity index (χ0) is 35.0. The van der Waals surface area contributed by atoms with Crippen molar-refractivity contribution in [3.63, 3.8) is 0 Å². The number of hydrogen-bond acceptors (Lipinski definition) is 8. The zero-order valence-electron chi connectivity index (χ0n) is 25.8. The van der Waals surface area contributed by atoms with Gasteiger partial charge in [-0.2, -0.15) is 13.2 Å². The number of ether oxygens (including phenoxy) is 1. The molecule has 1 saturated carbocycles. The molecule has 1 heterocycles. The van der Waals surface area contributed by atoms with Gasteiger partial charge in [0.15, 0.2) is 0 Å². The first-order valence-corrected chi connectivity index (χ1v) is 14.8. The molecule has 6 N–H and O–H groups in total. The Morgan fingerprint density at radius 1 is 1.04 bits per heavy atom. The van der Waals surface area contributed by atoms with Crippen LogP contribution in [0, 0.1) is 17.5 Å². The Morgan fingerprint density at radius 2 is 1.75 bits per heavy atom. The molecule has 1 aromatic heterocycles. The Bertz CT molecular complexity index is 1710. The van der Waals surface area contributed by atoms with Gasteiger partial charge in [0.25, 0.3) is 5.91 Å². The number of aliphatic imine (C=N–C) groups is 1. The van der Waals surface area contributed by atoms with Crippen LogP contribution < -0.4 is 22.1 Å². The third-order valence-corrected chi connectivity index (χ3v) is 7.46. The number of anilines is 1. The number of nitrogens with zero attached hydrogens (tertiary/aromatic N) is 3. The Morgan fingerprint density at radius 3 is 2.42 bits per heavy atom. The summed E-state index contributed by atoms with van der Waals surface area (Å²) < 4.78 is 88.0. The van der Waals surface area contributed by atoms with E-state index in [4.69, 9.17) is 16.2 Å². The number of halogens is 6. The van der Waals surface area contributed by atoms with Crippen LogP contribution >= 0.6 is 0 Å². The summed E-state index contributed by atoms with van der Waals surface area (Å²) >= 11 is 0. The molecule has 4 rings (SSSR count). The lowest BCUT2D eigenvalue weighted by atomic mass is 9.91. The molecule has 0 bridgehead atoms. The molecule has 3 aromatic rings. The van der Waals surface area contributed by atoms with Crippen LogP contribution in [0.25, 0.3) is 11.1 Å². The summed E-state index contributed by atoms with van der Waals surface area (Å²) in [6.45, 7) is -0.0450. The van der Waals surface area contributed by atoms with Gasteiger partial charge < -0.3 is 26.8 Å². The SMILES string of the molecule is COCCNc1ncc(-c2ccc(F)c(C(N)=O)c2)c([C@@H](Cc2cc(F)cc(F)c2)NC(=O)CN=C2CCCCC2=C(N)C(F)(F)F)n1. The number of carbonyl (C=O) groups is 2. The summed E-state index contributed by atoms with van der Waals surface area (Å²) in [5.74, 6) is -4.36. The molecule has 2 amide bonds. The van der Waals surface area contributed by atoms with Gasteiger partial charge in [-0.25, -0.2) is 23.1 Å². The second-order valence-electron chi connectivity index (χ2n) is 10.9. The van der Waals surface area contributed by atoms with Crippen molar-refractivity contribution in [3.05, 3.63) is 88.1 Å². The van der Waals surface area contributed by atoms with Crippen LogP contribution in [-0.4, -0.2) is 60.5 Å². The van der Waals surface area contributed by atoms with E-state index in [1.54, 1.807) is 0 Å². The molecule has 0 radical (unpaired) electrons. The molecular formula is C32H33F6N7O3. The van der Waals surface area contributed by atoms with Crippen LogP contribution in [0.2, 0.25) is 0 Å². The molecule has 48 heavy (non-hydrogen) atoms. The molecule has 1 aliphatic rings. The number of alkyl halides is 3. The lowest BCUT2D eigenvalue weighted by molar-refractivity contribution is -0.120. The van der Waals surface area contributed by atoms with E-state index >= 15 is 0 Å². The van der Waals surface area contributed by atoms with Crippen LogP contribution in [0.4, 0.5) is 32.3 Å². The van der Waals surface area contributed by atoms with Crippen molar-refractivity contribution in [2.24, 2.45) is 16.5 Å². The highest BCUT2D eigenvalue weighted by atomic mass is 19.4. The van der Waals surface area contributed by atoms with Gasteiger partial charge in [-0.1, -0.05) is 6.07 Å². The lowest BCUT2D eigenvalue weighted by Gasteiger charge is -2.23. The molecule has 256 valence electrons. The fourth-order valence-corrected chi connectivity index (χ4v) is 5.23. The number of hydrogen-bond donors (Lipinski definition) is 4. The van der Waals surface area contributed by atoms with Crippen molar-refractivity contribution < 1.29 is 40.7 Å². The number of nitrogens with one attached hydrogen (secondary N) is 2. The third-order valence-electron chi connectivity index (χ3n) is 7.46. The minimum Gasteiger partial charge on any atom is -0.394 e. The predicted molar refractivity (Wildman–Crippen MR) is 165 cm³/mol. The number of benzene rings is 2. The van der Waals surface area contributed by atoms with E-state index in [-0.39, 0.29) is 72.0 Å². The highest BCUT2D eigenvalue weighted by Gasteiger charge is 2.36. The summed E-state index contributed by atoms with van der Waals surface area (Å²) in [5.41, 5.74) is 9.59. The van der Waals surface area contributed by atoms with E-state index in [1.807, 2.05) is 0 Å². The van der Waals surface area contributed by atoms with Gasteiger partial charge in [0.05, 0.1) is 23.9 Å². The van der Waals surface area contributed by atoms with Crippen molar-refractivity contribution in [2.75, 3.05) is 32.1 Å². The minimum absolute atomic E-state index is 0.0493. The molecular weight excluding hydrogens is 644 g/mol. The summed E-state index contributed by atoms with van der Waals surface area (Å²) in [6.07, 6.45) is -2.39. The first-order chi connectivity index (χ1) is 22.8. The number of nitrogens with two attached hydrogens (primary N) is 2. The molecule has 16 heteroatoms. The molecule has 1 atom stereocenters. The zero-order valence-corrected chi connectivity index (χ0v) is 25.8. The first-order valence-electron chi connectivity index (χ1n) is 14.8. The highest BCUT2D eigenvalue weighted by Crippen LogP contribution is 2.32. The highest BCUT2D eigenvalue weighted by molar-refractivity contribution is 6.02. The van der Waals surface area contributed by atoms with E-state index in [9.17, 15) is 35.9 Å². The largest absolute Gasteiger partial charge is 0.431 e. The summed E-state index contributed by atoms with van der Waals surface area (Å²) in [5, 5.41) is 5.66. The second kappa shape index (κ2) is 15.7. The average Bonchev–Trinajstić information content (AvgIpc) is 3.02. The summed E-state index contributed by atoms with van der Waals surface area (Å²) in [6, 6.07) is 5.16. The van der Waals surface area contributed by atoms with Crippen molar-refractivity contribution in [1.29, 1.82) is 0 Å². The molecule has 1 fully saturated rings. The van der Waals surface area contributed by atoms with Gasteiger partial charge in [0, 0.05) is 42.8 Å². The van der Waals surface area contributed by atoms with Crippen molar-refractivity contribution >= 4 is 23.5 Å². The van der Waals surface area contributed by atoms with Crippen molar-refractivity contribution in [2.45, 2.75) is 44.3 Å². The fourth-order valence-electron chi connectivity index (χ4n) is 5.23. The number of carbonyl (C=O) groups excluding carboxylic acids is 2. The number of aromatic nitrogens is 2. The topological polar surface area (TPSA) is 158 Å². The number of methoxy groups -OCH3 is 1. The van der Waals surface area contributed by atoms with Gasteiger partial charge in [-0.3, -0.25) is 14.6 Å². The van der Waals surface area contributed by atoms with Crippen LogP contribution in [0.1, 0.15) is 53.3 Å². The van der Waals surface area contributed by atoms with Gasteiger partial charge in [0.1, 0.15) is 29.7 Å². The minimum atomic E-state index is -4.77. The second-order valence-corrected chi connectivity index (χ2v) is 10.9. The van der Waals surface area contributed by atoms with E-state index in [2.05, 4.69) is 25.6 Å². The molecule has 0 saturated heterocycles. The smallest absolute Gasteiger partial charge is 0.394 e. The van der Waals surface area contributed by atoms with Crippen molar-refractivity contribution in [3.8, 4) is 11.1 Å². The van der Waals surface area contributed by atoms with Crippen LogP contribution in [0.3, 0.4) is 0 Å². The molecule has 0 unspecified atom stereocenters. The van der Waals surface area contributed by atoms with Crippen molar-refractivity contribution in [1.82, 2.24) is 15.3 Å². The molecule has 1 aliphatic carbocycles. The van der Waals surface area contributed by atoms with Gasteiger partial charge in [-0.15, -0.1) is 0 Å². The van der Waals surface area contributed by atoms with E-state index in [1.165, 1.54) is 25.4 Å². The van der Waals surface area contributed by atoms with Gasteiger partial charge in [-0.05, 0) is 67.5 Å². The standard InChI is InChI=1S/C32H33F6N7O3/c1-48-9-8-41-31-43-15-23(18-6-7-24(35)22(13-18)30(40)47)28(45-31)26(12-17-10-19(33)14-20(34)11-17)44-27(46)16-42-25-5-3-2-4-21(25)29(39)32(36,37)38/h6-7,10-11,13-15,26H,2-5,8-9,12,16,39H2,1H3,(H2,40,47)(H,44,46)(H,41,43,45)/t26-/m1/s1. The first kappa shape index (κ1) is 35.9. The monoisotopic (exact) mass is 677 g/mol. The predicted octanol–water partition coefficient (Wildman–Crippen LogP) is 4.91. The molecule has 2 aromatic carbocycles. The average molecular weight is 678 g/mol. The Labute approximate surface area is 271 Å². The molecule has 0 spiro atoms. The maximum atomic E-state index is 14.4. The fraction of sp³-hybridized carbons (Fsp3) is 0.344. The number of rotatable bonds is 12. The van der Waals surface area contributed by atoms with E-state index in [0.717, 1.165) is 18.2 Å². The molecule has 0 aliphatic heterocycles. The number of amides is 2. The van der Waals surface area contributed by atoms with E-state index in [0.29, 0.717) is 18.9 Å². The maximum Gasteiger partial charge on any atom is 0.431 e. The maximum absolute atomic E-state index is 14.4. The molecule has 10 nitrogen and oxygen atoms in total. The summed E-state index contributed by atoms with van der Waals surface area (Å²) in [4.78, 5) is 38.3. The number of primary amides is 1. The Hall–Kier alpha value is -4.99. The Balaban J connectivity index is 1.78. The van der Waals surface area contributed by atoms with Crippen LogP contribution in [0.5, 0.6) is 0 Å². The van der Waals surface area contributed by atoms with Crippen LogP contribution in [0.15, 0.2) is 58.9 Å². The van der Waals surface area contributed by atoms with E-state index < -0.39 is 59.3 Å². The van der Waals surface area contributed by atoms with Gasteiger partial charge >= 0.3 is 6.18 Å². The normalized spacial score (nSPS) is 16.0.